The molecule has 0 spiro atoms. The number of hydrogen-bond donors (Lipinski definition) is 2. The maximum absolute atomic E-state index is 5.97. The Balaban J connectivity index is 1.77. The Labute approximate surface area is 130 Å². The van der Waals surface area contributed by atoms with E-state index in [1.807, 2.05) is 29.5 Å². The van der Waals surface area contributed by atoms with Crippen molar-refractivity contribution in [2.24, 2.45) is 0 Å². The Kier molecular flexibility index (Phi) is 4.34. The van der Waals surface area contributed by atoms with Crippen molar-refractivity contribution in [3.05, 3.63) is 40.1 Å². The van der Waals surface area contributed by atoms with E-state index >= 15 is 0 Å². The Morgan fingerprint density at radius 1 is 1.38 bits per heavy atom. The molecule has 3 N–H and O–H groups in total. The van der Waals surface area contributed by atoms with Crippen molar-refractivity contribution >= 4 is 22.7 Å². The molecule has 0 amide bonds. The lowest BCUT2D eigenvalue weighted by molar-refractivity contribution is 0.319. The number of aryl methyl sites for hydroxylation is 1. The summed E-state index contributed by atoms with van der Waals surface area (Å²) in [5.41, 5.74) is 9.22. The Morgan fingerprint density at radius 3 is 3.14 bits per heavy atom. The zero-order valence-electron chi connectivity index (χ0n) is 12.4. The van der Waals surface area contributed by atoms with Crippen LogP contribution < -0.4 is 15.8 Å². The minimum atomic E-state index is 0.405. The number of thiophene rings is 1. The first kappa shape index (κ1) is 14.3. The molecule has 1 aromatic heterocycles. The summed E-state index contributed by atoms with van der Waals surface area (Å²) in [6, 6.07) is 8.64. The van der Waals surface area contributed by atoms with E-state index in [4.69, 9.17) is 10.5 Å². The van der Waals surface area contributed by atoms with Crippen molar-refractivity contribution < 1.29 is 4.74 Å². The zero-order chi connectivity index (χ0) is 14.7. The molecule has 21 heavy (non-hydrogen) atoms. The molecular formula is C17H22N2OS. The summed E-state index contributed by atoms with van der Waals surface area (Å²) in [5, 5.41) is 5.84. The van der Waals surface area contributed by atoms with Crippen molar-refractivity contribution in [1.29, 1.82) is 0 Å². The molecule has 1 heterocycles. The number of hydrogen-bond acceptors (Lipinski definition) is 4. The van der Waals surface area contributed by atoms with Gasteiger partial charge in [-0.15, -0.1) is 11.3 Å². The molecule has 112 valence electrons. The molecule has 0 radical (unpaired) electrons. The number of fused-ring (bicyclic) bond motifs is 1. The fourth-order valence-electron chi connectivity index (χ4n) is 2.80. The predicted molar refractivity (Wildman–Crippen MR) is 90.3 cm³/mol. The standard InChI is InChI=1S/C17H22N2OS/c1-2-9-20-16-11-12(6-7-14(16)18)19-15-4-3-5-17-13(15)8-10-21-17/h6-8,10-11,15,19H,2-5,9,18H2,1H3. The van der Waals surface area contributed by atoms with Crippen molar-refractivity contribution in [2.45, 2.75) is 38.6 Å². The largest absolute Gasteiger partial charge is 0.491 e. The number of nitrogen functional groups attached to an aromatic ring is 1. The summed E-state index contributed by atoms with van der Waals surface area (Å²) in [6.45, 7) is 2.80. The van der Waals surface area contributed by atoms with Crippen molar-refractivity contribution in [2.75, 3.05) is 17.7 Å². The van der Waals surface area contributed by atoms with Gasteiger partial charge in [0, 0.05) is 16.6 Å². The molecular weight excluding hydrogens is 280 g/mol. The van der Waals surface area contributed by atoms with Crippen LogP contribution in [0.2, 0.25) is 0 Å². The quantitative estimate of drug-likeness (QED) is 0.793. The van der Waals surface area contributed by atoms with Gasteiger partial charge in [0.1, 0.15) is 5.75 Å². The van der Waals surface area contributed by atoms with Crippen LogP contribution in [0.1, 0.15) is 42.7 Å². The SMILES string of the molecule is CCCOc1cc(NC2CCCc3sccc32)ccc1N. The topological polar surface area (TPSA) is 47.3 Å². The molecule has 0 bridgehead atoms. The van der Waals surface area contributed by atoms with E-state index < -0.39 is 0 Å². The molecule has 3 nitrogen and oxygen atoms in total. The van der Waals surface area contributed by atoms with Gasteiger partial charge in [-0.2, -0.15) is 0 Å². The van der Waals surface area contributed by atoms with Gasteiger partial charge in [-0.05, 0) is 54.8 Å². The van der Waals surface area contributed by atoms with E-state index in [1.54, 1.807) is 0 Å². The first-order valence-corrected chi connectivity index (χ1v) is 8.51. The highest BCUT2D eigenvalue weighted by Gasteiger charge is 2.21. The molecule has 4 heteroatoms. The normalized spacial score (nSPS) is 17.3. The number of nitrogens with two attached hydrogens (primary N) is 1. The maximum Gasteiger partial charge on any atom is 0.144 e. The number of anilines is 2. The van der Waals surface area contributed by atoms with Crippen LogP contribution in [0, 0.1) is 0 Å². The van der Waals surface area contributed by atoms with Crippen LogP contribution in [0.15, 0.2) is 29.6 Å². The Hall–Kier alpha value is -1.68. The molecule has 1 unspecified atom stereocenters. The lowest BCUT2D eigenvalue weighted by Crippen LogP contribution is -2.15. The fourth-order valence-corrected chi connectivity index (χ4v) is 3.79. The molecule has 1 aliphatic rings. The van der Waals surface area contributed by atoms with Gasteiger partial charge >= 0.3 is 0 Å². The van der Waals surface area contributed by atoms with Gasteiger partial charge in [0.05, 0.1) is 18.3 Å². The van der Waals surface area contributed by atoms with Crippen molar-refractivity contribution in [1.82, 2.24) is 0 Å². The van der Waals surface area contributed by atoms with E-state index in [0.717, 1.165) is 17.9 Å². The molecule has 0 saturated carbocycles. The second-order valence-electron chi connectivity index (χ2n) is 5.49. The van der Waals surface area contributed by atoms with E-state index in [1.165, 1.54) is 29.7 Å². The first-order chi connectivity index (χ1) is 10.3. The van der Waals surface area contributed by atoms with E-state index in [2.05, 4.69) is 23.7 Å². The molecule has 3 rings (SSSR count). The third-order valence-corrected chi connectivity index (χ3v) is 4.86. The molecule has 1 aliphatic carbocycles. The summed E-state index contributed by atoms with van der Waals surface area (Å²) >= 11 is 1.87. The van der Waals surface area contributed by atoms with Gasteiger partial charge in [-0.3, -0.25) is 0 Å². The summed E-state index contributed by atoms with van der Waals surface area (Å²) in [7, 11) is 0. The van der Waals surface area contributed by atoms with Gasteiger partial charge < -0.3 is 15.8 Å². The summed E-state index contributed by atoms with van der Waals surface area (Å²) in [4.78, 5) is 1.52. The number of benzene rings is 1. The van der Waals surface area contributed by atoms with Crippen LogP contribution in [0.5, 0.6) is 5.75 Å². The Morgan fingerprint density at radius 2 is 2.29 bits per heavy atom. The minimum Gasteiger partial charge on any atom is -0.491 e. The van der Waals surface area contributed by atoms with Gasteiger partial charge in [0.2, 0.25) is 0 Å². The van der Waals surface area contributed by atoms with Crippen LogP contribution in [0.3, 0.4) is 0 Å². The van der Waals surface area contributed by atoms with Crippen LogP contribution in [0.25, 0.3) is 0 Å². The molecule has 1 aromatic carbocycles. The van der Waals surface area contributed by atoms with Crippen LogP contribution in [-0.2, 0) is 6.42 Å². The number of rotatable bonds is 5. The minimum absolute atomic E-state index is 0.405. The van der Waals surface area contributed by atoms with Crippen molar-refractivity contribution in [3.8, 4) is 5.75 Å². The van der Waals surface area contributed by atoms with Crippen LogP contribution in [-0.4, -0.2) is 6.61 Å². The van der Waals surface area contributed by atoms with Gasteiger partial charge in [-0.1, -0.05) is 6.92 Å². The van der Waals surface area contributed by atoms with Crippen LogP contribution in [0.4, 0.5) is 11.4 Å². The smallest absolute Gasteiger partial charge is 0.144 e. The second kappa shape index (κ2) is 6.39. The van der Waals surface area contributed by atoms with Gasteiger partial charge in [0.15, 0.2) is 0 Å². The maximum atomic E-state index is 5.97. The fraction of sp³-hybridized carbons (Fsp3) is 0.412. The third-order valence-electron chi connectivity index (χ3n) is 3.87. The van der Waals surface area contributed by atoms with Gasteiger partial charge in [-0.25, -0.2) is 0 Å². The molecule has 1 atom stereocenters. The summed E-state index contributed by atoms with van der Waals surface area (Å²) in [6.07, 6.45) is 4.63. The highest BCUT2D eigenvalue weighted by atomic mass is 32.1. The summed E-state index contributed by atoms with van der Waals surface area (Å²) < 4.78 is 5.71. The van der Waals surface area contributed by atoms with E-state index in [0.29, 0.717) is 18.3 Å². The number of nitrogens with one attached hydrogen (secondary N) is 1. The highest BCUT2D eigenvalue weighted by Crippen LogP contribution is 2.36. The Bertz CT molecular complexity index is 609. The summed E-state index contributed by atoms with van der Waals surface area (Å²) in [5.74, 6) is 0.781. The molecule has 0 aliphatic heterocycles. The zero-order valence-corrected chi connectivity index (χ0v) is 13.2. The van der Waals surface area contributed by atoms with Crippen molar-refractivity contribution in [3.63, 3.8) is 0 Å². The van der Waals surface area contributed by atoms with Gasteiger partial charge in [0.25, 0.3) is 0 Å². The van der Waals surface area contributed by atoms with E-state index in [9.17, 15) is 0 Å². The lowest BCUT2D eigenvalue weighted by Gasteiger charge is -2.25. The lowest BCUT2D eigenvalue weighted by atomic mass is 9.94. The third kappa shape index (κ3) is 3.16. The average molecular weight is 302 g/mol. The number of ether oxygens (including phenoxy) is 1. The molecule has 0 fully saturated rings. The molecule has 2 aromatic rings. The monoisotopic (exact) mass is 302 g/mol. The second-order valence-corrected chi connectivity index (χ2v) is 6.49. The van der Waals surface area contributed by atoms with E-state index in [-0.39, 0.29) is 0 Å². The average Bonchev–Trinajstić information content (AvgIpc) is 2.97. The first-order valence-electron chi connectivity index (χ1n) is 7.63. The predicted octanol–water partition coefficient (Wildman–Crippen LogP) is 4.61. The van der Waals surface area contributed by atoms with Crippen LogP contribution >= 0.6 is 11.3 Å². The molecule has 0 saturated heterocycles. The highest BCUT2D eigenvalue weighted by molar-refractivity contribution is 7.10.